The fourth-order valence-electron chi connectivity index (χ4n) is 2.93. The van der Waals surface area contributed by atoms with Crippen molar-refractivity contribution in [3.8, 4) is 0 Å². The average molecular weight is 284 g/mol. The van der Waals surface area contributed by atoms with E-state index in [-0.39, 0.29) is 0 Å². The molecule has 0 atom stereocenters. The number of carbonyl (C=O) groups is 1. The smallest absolute Gasteiger partial charge is 0.143 e. The van der Waals surface area contributed by atoms with Crippen LogP contribution in [0.2, 0.25) is 0 Å². The number of carbonyl (C=O) groups excluding carboxylic acids is 1. The van der Waals surface area contributed by atoms with Crippen molar-refractivity contribution in [2.45, 2.75) is 53.9 Å². The van der Waals surface area contributed by atoms with E-state index in [0.29, 0.717) is 5.41 Å². The van der Waals surface area contributed by atoms with Crippen molar-refractivity contribution < 1.29 is 4.79 Å². The SMILES string of the molecule is CC1=C(/C=C/C=C/C(C)=C/C(C)=C\C=O)C(C)(C)CCC1. The summed E-state index contributed by atoms with van der Waals surface area (Å²) in [6.07, 6.45) is 16.7. The van der Waals surface area contributed by atoms with Gasteiger partial charge in [-0.3, -0.25) is 4.79 Å². The van der Waals surface area contributed by atoms with E-state index in [0.717, 1.165) is 17.4 Å². The highest BCUT2D eigenvalue weighted by Crippen LogP contribution is 2.40. The minimum Gasteiger partial charge on any atom is -0.299 e. The molecular formula is C20H28O. The molecule has 0 aromatic rings. The van der Waals surface area contributed by atoms with Crippen LogP contribution in [0, 0.1) is 5.41 Å². The largest absolute Gasteiger partial charge is 0.299 e. The minimum atomic E-state index is 0.293. The van der Waals surface area contributed by atoms with Gasteiger partial charge in [0.15, 0.2) is 0 Å². The molecule has 0 bridgehead atoms. The molecule has 0 saturated carbocycles. The highest BCUT2D eigenvalue weighted by molar-refractivity contribution is 5.67. The summed E-state index contributed by atoms with van der Waals surface area (Å²) in [5, 5.41) is 0. The fraction of sp³-hybridized carbons (Fsp3) is 0.450. The van der Waals surface area contributed by atoms with Crippen LogP contribution in [0.4, 0.5) is 0 Å². The fourth-order valence-corrected chi connectivity index (χ4v) is 2.93. The standard InChI is InChI=1S/C20H28O/c1-16(15-17(2)12-14-21)9-6-7-11-19-18(3)10-8-13-20(19,4)5/h6-7,9,11-12,14-15H,8,10,13H2,1-5H3/b9-6+,11-7+,16-15+,17-12-. The van der Waals surface area contributed by atoms with Gasteiger partial charge < -0.3 is 0 Å². The van der Waals surface area contributed by atoms with Crippen LogP contribution in [0.25, 0.3) is 0 Å². The van der Waals surface area contributed by atoms with Crippen molar-refractivity contribution in [1.82, 2.24) is 0 Å². The number of hydrogen-bond donors (Lipinski definition) is 0. The molecule has 0 spiro atoms. The molecule has 0 unspecified atom stereocenters. The van der Waals surface area contributed by atoms with Crippen molar-refractivity contribution in [3.05, 3.63) is 58.7 Å². The predicted molar refractivity (Wildman–Crippen MR) is 92.2 cm³/mol. The second kappa shape index (κ2) is 7.97. The number of allylic oxidation sites excluding steroid dienone is 10. The van der Waals surface area contributed by atoms with Crippen LogP contribution in [-0.2, 0) is 4.79 Å². The Labute approximate surface area is 129 Å². The summed E-state index contributed by atoms with van der Waals surface area (Å²) in [5.41, 5.74) is 5.41. The van der Waals surface area contributed by atoms with E-state index in [1.807, 2.05) is 19.9 Å². The van der Waals surface area contributed by atoms with E-state index in [1.54, 1.807) is 6.08 Å². The summed E-state index contributed by atoms with van der Waals surface area (Å²) in [4.78, 5) is 10.4. The first-order chi connectivity index (χ1) is 9.86. The third kappa shape index (κ3) is 5.71. The molecule has 1 nitrogen and oxygen atoms in total. The van der Waals surface area contributed by atoms with Crippen LogP contribution >= 0.6 is 0 Å². The zero-order valence-corrected chi connectivity index (χ0v) is 14.1. The Morgan fingerprint density at radius 1 is 1.14 bits per heavy atom. The second-order valence-corrected chi connectivity index (χ2v) is 6.58. The Balaban J connectivity index is 2.76. The van der Waals surface area contributed by atoms with E-state index < -0.39 is 0 Å². The molecule has 0 N–H and O–H groups in total. The molecule has 1 aliphatic rings. The summed E-state index contributed by atoms with van der Waals surface area (Å²) in [5.74, 6) is 0. The Morgan fingerprint density at radius 3 is 2.48 bits per heavy atom. The molecule has 0 saturated heterocycles. The zero-order chi connectivity index (χ0) is 15.9. The predicted octanol–water partition coefficient (Wildman–Crippen LogP) is 5.72. The first-order valence-electron chi connectivity index (χ1n) is 7.72. The molecule has 0 aromatic heterocycles. The zero-order valence-electron chi connectivity index (χ0n) is 14.1. The van der Waals surface area contributed by atoms with E-state index in [2.05, 4.69) is 45.1 Å². The summed E-state index contributed by atoms with van der Waals surface area (Å²) < 4.78 is 0. The molecule has 0 fully saturated rings. The van der Waals surface area contributed by atoms with Crippen LogP contribution in [0.5, 0.6) is 0 Å². The molecule has 0 aromatic carbocycles. The van der Waals surface area contributed by atoms with Gasteiger partial charge in [0.2, 0.25) is 0 Å². The van der Waals surface area contributed by atoms with Gasteiger partial charge in [-0.05, 0) is 62.7 Å². The lowest BCUT2D eigenvalue weighted by molar-refractivity contribution is -0.104. The van der Waals surface area contributed by atoms with Gasteiger partial charge in [0, 0.05) is 0 Å². The molecule has 0 radical (unpaired) electrons. The van der Waals surface area contributed by atoms with E-state index in [1.165, 1.54) is 30.4 Å². The van der Waals surface area contributed by atoms with Crippen molar-refractivity contribution in [1.29, 1.82) is 0 Å². The van der Waals surface area contributed by atoms with Crippen LogP contribution in [-0.4, -0.2) is 6.29 Å². The van der Waals surface area contributed by atoms with Gasteiger partial charge in [-0.2, -0.15) is 0 Å². The van der Waals surface area contributed by atoms with Gasteiger partial charge >= 0.3 is 0 Å². The van der Waals surface area contributed by atoms with Crippen molar-refractivity contribution in [2.24, 2.45) is 5.41 Å². The van der Waals surface area contributed by atoms with E-state index >= 15 is 0 Å². The third-order valence-corrected chi connectivity index (χ3v) is 4.06. The maximum Gasteiger partial charge on any atom is 0.143 e. The Morgan fingerprint density at radius 2 is 1.86 bits per heavy atom. The van der Waals surface area contributed by atoms with Crippen LogP contribution < -0.4 is 0 Å². The quantitative estimate of drug-likeness (QED) is 0.358. The first-order valence-corrected chi connectivity index (χ1v) is 7.72. The second-order valence-electron chi connectivity index (χ2n) is 6.58. The van der Waals surface area contributed by atoms with E-state index in [9.17, 15) is 4.79 Å². The average Bonchev–Trinajstić information content (AvgIpc) is 2.36. The van der Waals surface area contributed by atoms with Gasteiger partial charge in [0.05, 0.1) is 0 Å². The van der Waals surface area contributed by atoms with Gasteiger partial charge in [-0.25, -0.2) is 0 Å². The molecule has 21 heavy (non-hydrogen) atoms. The van der Waals surface area contributed by atoms with Crippen molar-refractivity contribution in [2.75, 3.05) is 0 Å². The summed E-state index contributed by atoms with van der Waals surface area (Å²) in [7, 11) is 0. The van der Waals surface area contributed by atoms with Gasteiger partial charge in [-0.15, -0.1) is 0 Å². The summed E-state index contributed by atoms with van der Waals surface area (Å²) in [6, 6.07) is 0. The van der Waals surface area contributed by atoms with Crippen molar-refractivity contribution in [3.63, 3.8) is 0 Å². The summed E-state index contributed by atoms with van der Waals surface area (Å²) >= 11 is 0. The molecule has 1 rings (SSSR count). The first kappa shape index (κ1) is 17.4. The van der Waals surface area contributed by atoms with Crippen molar-refractivity contribution >= 4 is 6.29 Å². The van der Waals surface area contributed by atoms with Crippen LogP contribution in [0.15, 0.2) is 58.7 Å². The van der Waals surface area contributed by atoms with Gasteiger partial charge in [0.1, 0.15) is 6.29 Å². The maximum absolute atomic E-state index is 10.4. The number of rotatable bonds is 5. The lowest BCUT2D eigenvalue weighted by Crippen LogP contribution is -2.18. The van der Waals surface area contributed by atoms with Gasteiger partial charge in [0.25, 0.3) is 0 Å². The van der Waals surface area contributed by atoms with E-state index in [4.69, 9.17) is 0 Å². The molecular weight excluding hydrogens is 256 g/mol. The molecule has 1 aliphatic carbocycles. The normalized spacial score (nSPS) is 20.6. The molecule has 0 aliphatic heterocycles. The van der Waals surface area contributed by atoms with Gasteiger partial charge in [-0.1, -0.05) is 55.4 Å². The number of hydrogen-bond acceptors (Lipinski definition) is 1. The Kier molecular flexibility index (Phi) is 6.61. The molecule has 114 valence electrons. The molecule has 0 heterocycles. The lowest BCUT2D eigenvalue weighted by atomic mass is 9.73. The van der Waals surface area contributed by atoms with Crippen LogP contribution in [0.3, 0.4) is 0 Å². The van der Waals surface area contributed by atoms with Crippen LogP contribution in [0.1, 0.15) is 53.9 Å². The third-order valence-electron chi connectivity index (χ3n) is 4.06. The number of aldehydes is 1. The Bertz CT molecular complexity index is 522. The Hall–Kier alpha value is -1.63. The monoisotopic (exact) mass is 284 g/mol. The minimum absolute atomic E-state index is 0.293. The maximum atomic E-state index is 10.4. The highest BCUT2D eigenvalue weighted by Gasteiger charge is 2.26. The lowest BCUT2D eigenvalue weighted by Gasteiger charge is -2.32. The highest BCUT2D eigenvalue weighted by atomic mass is 16.1. The molecule has 1 heteroatoms. The molecule has 0 amide bonds. The topological polar surface area (TPSA) is 17.1 Å². The summed E-state index contributed by atoms with van der Waals surface area (Å²) in [6.45, 7) is 10.9.